The van der Waals surface area contributed by atoms with Gasteiger partial charge < -0.3 is 16.4 Å². The molecule has 0 aromatic heterocycles. The molecule has 1 unspecified atom stereocenters. The van der Waals surface area contributed by atoms with Crippen LogP contribution in [0, 0.1) is 0 Å². The fourth-order valence-electron chi connectivity index (χ4n) is 6.01. The summed E-state index contributed by atoms with van der Waals surface area (Å²) in [5, 5.41) is 7.45. The minimum atomic E-state index is 0.231. The van der Waals surface area contributed by atoms with E-state index < -0.39 is 0 Å². The fraction of sp³-hybridized carbons (Fsp3) is 0.467. The Balaban J connectivity index is 1.44. The molecule has 35 heavy (non-hydrogen) atoms. The zero-order valence-corrected chi connectivity index (χ0v) is 22.1. The molecule has 4 nitrogen and oxygen atoms in total. The summed E-state index contributed by atoms with van der Waals surface area (Å²) in [6, 6.07) is 16.8. The number of fused-ring (bicyclic) bond motifs is 1. The van der Waals surface area contributed by atoms with Gasteiger partial charge in [-0.25, -0.2) is 0 Å². The van der Waals surface area contributed by atoms with Gasteiger partial charge in [-0.05, 0) is 79.8 Å². The summed E-state index contributed by atoms with van der Waals surface area (Å²) in [5.74, 6) is 0. The van der Waals surface area contributed by atoms with E-state index in [1.165, 1.54) is 71.5 Å². The molecule has 1 saturated carbocycles. The Labute approximate surface area is 215 Å². The van der Waals surface area contributed by atoms with E-state index in [4.69, 9.17) is 5.73 Å². The Morgan fingerprint density at radius 1 is 1.09 bits per heavy atom. The van der Waals surface area contributed by atoms with Crippen LogP contribution in [-0.4, -0.2) is 36.8 Å². The quantitative estimate of drug-likeness (QED) is 0.413. The van der Waals surface area contributed by atoms with E-state index in [9.17, 15) is 0 Å². The first-order valence-electron chi connectivity index (χ1n) is 13.3. The maximum atomic E-state index is 6.33. The van der Waals surface area contributed by atoms with Crippen LogP contribution >= 0.6 is 11.8 Å². The second kappa shape index (κ2) is 11.1. The van der Waals surface area contributed by atoms with E-state index in [2.05, 4.69) is 70.3 Å². The average Bonchev–Trinajstić information content (AvgIpc) is 3.08. The van der Waals surface area contributed by atoms with Gasteiger partial charge in [0, 0.05) is 47.5 Å². The van der Waals surface area contributed by atoms with E-state index in [1.807, 2.05) is 6.92 Å². The molecule has 2 aromatic rings. The molecule has 4 N–H and O–H groups in total. The highest BCUT2D eigenvalue weighted by atomic mass is 32.2. The van der Waals surface area contributed by atoms with Gasteiger partial charge >= 0.3 is 0 Å². The normalized spacial score (nSPS) is 23.0. The molecular formula is C30H40N4S. The highest BCUT2D eigenvalue weighted by molar-refractivity contribution is 7.98. The monoisotopic (exact) mass is 488 g/mol. The maximum absolute atomic E-state index is 6.33. The number of nitrogens with one attached hydrogen (secondary N) is 2. The van der Waals surface area contributed by atoms with Crippen molar-refractivity contribution in [1.29, 1.82) is 0 Å². The summed E-state index contributed by atoms with van der Waals surface area (Å²) in [6.45, 7) is 5.17. The lowest BCUT2D eigenvalue weighted by Crippen LogP contribution is -2.39. The van der Waals surface area contributed by atoms with Gasteiger partial charge in [-0.1, -0.05) is 43.5 Å². The van der Waals surface area contributed by atoms with Gasteiger partial charge in [-0.3, -0.25) is 4.90 Å². The smallest absolute Gasteiger partial charge is 0.0605 e. The van der Waals surface area contributed by atoms with Gasteiger partial charge in [0.25, 0.3) is 0 Å². The molecule has 5 rings (SSSR count). The van der Waals surface area contributed by atoms with Gasteiger partial charge in [-0.15, -0.1) is 11.8 Å². The number of thioether (sulfide) groups is 1. The Kier molecular flexibility index (Phi) is 7.74. The number of benzene rings is 2. The Morgan fingerprint density at radius 3 is 2.69 bits per heavy atom. The summed E-state index contributed by atoms with van der Waals surface area (Å²) in [4.78, 5) is 4.00. The van der Waals surface area contributed by atoms with Gasteiger partial charge in [-0.2, -0.15) is 0 Å². The second-order valence-electron chi connectivity index (χ2n) is 10.3. The molecule has 2 aromatic carbocycles. The van der Waals surface area contributed by atoms with Crippen molar-refractivity contribution in [2.75, 3.05) is 31.2 Å². The number of hydrogen-bond acceptors (Lipinski definition) is 5. The maximum Gasteiger partial charge on any atom is 0.0605 e. The Bertz CT molecular complexity index is 1100. The summed E-state index contributed by atoms with van der Waals surface area (Å²) < 4.78 is 0. The minimum Gasteiger partial charge on any atom is -0.401 e. The molecule has 0 saturated heterocycles. The molecular weight excluding hydrogens is 448 g/mol. The van der Waals surface area contributed by atoms with Crippen molar-refractivity contribution in [3.63, 3.8) is 0 Å². The molecule has 2 aliphatic heterocycles. The summed E-state index contributed by atoms with van der Waals surface area (Å²) >= 11 is 1.78. The van der Waals surface area contributed by atoms with E-state index >= 15 is 0 Å². The molecule has 1 atom stereocenters. The molecule has 0 bridgehead atoms. The third-order valence-corrected chi connectivity index (χ3v) is 8.66. The van der Waals surface area contributed by atoms with Crippen molar-refractivity contribution in [3.05, 3.63) is 70.9 Å². The highest BCUT2D eigenvalue weighted by Crippen LogP contribution is 2.36. The lowest BCUT2D eigenvalue weighted by molar-refractivity contribution is 0.171. The van der Waals surface area contributed by atoms with Crippen LogP contribution < -0.4 is 16.4 Å². The molecule has 2 heterocycles. The largest absolute Gasteiger partial charge is 0.401 e. The van der Waals surface area contributed by atoms with Gasteiger partial charge in [0.05, 0.1) is 11.7 Å². The van der Waals surface area contributed by atoms with Crippen molar-refractivity contribution < 1.29 is 0 Å². The van der Waals surface area contributed by atoms with Gasteiger partial charge in [0.15, 0.2) is 0 Å². The topological polar surface area (TPSA) is 53.3 Å². The van der Waals surface area contributed by atoms with E-state index in [0.717, 1.165) is 43.4 Å². The van der Waals surface area contributed by atoms with Crippen LogP contribution in [0.1, 0.15) is 74.6 Å². The minimum absolute atomic E-state index is 0.231. The van der Waals surface area contributed by atoms with E-state index in [0.29, 0.717) is 0 Å². The molecule has 0 spiro atoms. The Hall–Kier alpha value is -2.37. The van der Waals surface area contributed by atoms with Crippen LogP contribution in [0.4, 0.5) is 5.69 Å². The average molecular weight is 489 g/mol. The molecule has 0 radical (unpaired) electrons. The lowest BCUT2D eigenvalue weighted by Gasteiger charge is -2.36. The molecule has 0 amide bonds. The first-order chi connectivity index (χ1) is 17.1. The fourth-order valence-corrected chi connectivity index (χ4v) is 6.47. The summed E-state index contributed by atoms with van der Waals surface area (Å²) in [7, 11) is 0. The van der Waals surface area contributed by atoms with Crippen LogP contribution in [0.15, 0.2) is 59.1 Å². The van der Waals surface area contributed by atoms with Crippen molar-refractivity contribution in [2.24, 2.45) is 5.73 Å². The van der Waals surface area contributed by atoms with Gasteiger partial charge in [0.2, 0.25) is 0 Å². The van der Waals surface area contributed by atoms with Crippen molar-refractivity contribution >= 4 is 28.7 Å². The first kappa shape index (κ1) is 24.3. The third kappa shape index (κ3) is 5.57. The number of hydrogen-bond donors (Lipinski definition) is 3. The SMILES string of the molecule is CSc1cccc(NC2CCN/C(=C(/C)N)c3ccc(C4=CCN(C5CCCCC5)CC4)cc32)c1. The van der Waals surface area contributed by atoms with Crippen molar-refractivity contribution in [3.8, 4) is 0 Å². The Morgan fingerprint density at radius 2 is 1.94 bits per heavy atom. The molecule has 3 aliphatic rings. The van der Waals surface area contributed by atoms with E-state index in [-0.39, 0.29) is 6.04 Å². The van der Waals surface area contributed by atoms with Crippen LogP contribution in [-0.2, 0) is 0 Å². The second-order valence-corrected chi connectivity index (χ2v) is 11.2. The van der Waals surface area contributed by atoms with Crippen LogP contribution in [0.5, 0.6) is 0 Å². The molecule has 1 fully saturated rings. The number of allylic oxidation sites excluding steroid dienone is 1. The lowest BCUT2D eigenvalue weighted by atomic mass is 9.89. The van der Waals surface area contributed by atoms with Crippen molar-refractivity contribution in [1.82, 2.24) is 10.2 Å². The highest BCUT2D eigenvalue weighted by Gasteiger charge is 2.26. The zero-order chi connectivity index (χ0) is 24.2. The van der Waals surface area contributed by atoms with E-state index in [1.54, 1.807) is 11.8 Å². The molecule has 1 aliphatic carbocycles. The zero-order valence-electron chi connectivity index (χ0n) is 21.3. The van der Waals surface area contributed by atoms with Crippen molar-refractivity contribution in [2.45, 2.75) is 68.8 Å². The summed E-state index contributed by atoms with van der Waals surface area (Å²) in [6.07, 6.45) is 13.8. The first-order valence-corrected chi connectivity index (χ1v) is 14.5. The predicted molar refractivity (Wildman–Crippen MR) is 151 cm³/mol. The third-order valence-electron chi connectivity index (χ3n) is 7.94. The van der Waals surface area contributed by atoms with Crippen LogP contribution in [0.3, 0.4) is 0 Å². The number of nitrogens with zero attached hydrogens (tertiary/aromatic N) is 1. The number of anilines is 1. The predicted octanol–water partition coefficient (Wildman–Crippen LogP) is 6.62. The standard InChI is InChI=1S/C30H40N4S/c1-21(31)30-27-12-11-23(22-14-17-34(18-15-22)25-8-4-3-5-9-25)19-28(27)29(13-16-32-30)33-24-7-6-10-26(20-24)35-2/h6-7,10-12,14,19-20,25,29,32-33H,3-5,8-9,13,15-18,31H2,1-2H3/b30-21-. The molecule has 186 valence electrons. The summed E-state index contributed by atoms with van der Waals surface area (Å²) in [5.41, 5.74) is 14.9. The number of nitrogens with two attached hydrogens (primary N) is 1. The number of rotatable bonds is 5. The molecule has 5 heteroatoms. The van der Waals surface area contributed by atoms with Crippen LogP contribution in [0.2, 0.25) is 0 Å². The van der Waals surface area contributed by atoms with Crippen LogP contribution in [0.25, 0.3) is 11.3 Å². The van der Waals surface area contributed by atoms with Gasteiger partial charge in [0.1, 0.15) is 0 Å².